The van der Waals surface area contributed by atoms with Crippen LogP contribution in [0.2, 0.25) is 5.02 Å². The first-order valence-electron chi connectivity index (χ1n) is 9.82. The fraction of sp³-hybridized carbons (Fsp3) is 0.650. The molecule has 1 N–H and O–H groups in total. The van der Waals surface area contributed by atoms with Gasteiger partial charge >= 0.3 is 6.03 Å². The standard InChI is InChI=1S/C20H28ClN3O3/c1-13-11-27-14(2)9-24(13)20(25)23-5-3-15-7-16(21)8-17(18(15)10-23)19-12-26-6-4-22-19/h7-8,13-14,19,22H,3-6,9-12H2,1-2H3/t13?,14?,19-/m0/s1. The summed E-state index contributed by atoms with van der Waals surface area (Å²) in [6, 6.07) is 4.42. The highest BCUT2D eigenvalue weighted by Crippen LogP contribution is 2.32. The molecule has 27 heavy (non-hydrogen) atoms. The lowest BCUT2D eigenvalue weighted by atomic mass is 9.91. The predicted molar refractivity (Wildman–Crippen MR) is 104 cm³/mol. The van der Waals surface area contributed by atoms with Gasteiger partial charge in [-0.2, -0.15) is 0 Å². The van der Waals surface area contributed by atoms with E-state index in [1.54, 1.807) is 0 Å². The van der Waals surface area contributed by atoms with Gasteiger partial charge in [-0.05, 0) is 49.1 Å². The Morgan fingerprint density at radius 2 is 2.15 bits per heavy atom. The predicted octanol–water partition coefficient (Wildman–Crippen LogP) is 2.59. The number of morpholine rings is 2. The molecule has 0 aromatic heterocycles. The van der Waals surface area contributed by atoms with E-state index in [0.29, 0.717) is 26.3 Å². The SMILES string of the molecule is CC1CN(C(=O)N2CCc3cc(Cl)cc([C@@H]4COCCN4)c3C2)C(C)CO1. The molecular formula is C20H28ClN3O3. The Bertz CT molecular complexity index is 708. The average Bonchev–Trinajstić information content (AvgIpc) is 2.69. The van der Waals surface area contributed by atoms with Crippen molar-refractivity contribution in [2.24, 2.45) is 0 Å². The first-order chi connectivity index (χ1) is 13.0. The third-order valence-corrected chi connectivity index (χ3v) is 5.98. The van der Waals surface area contributed by atoms with Crippen molar-refractivity contribution in [2.45, 2.75) is 45.0 Å². The lowest BCUT2D eigenvalue weighted by Gasteiger charge is -2.41. The van der Waals surface area contributed by atoms with Gasteiger partial charge in [-0.15, -0.1) is 0 Å². The van der Waals surface area contributed by atoms with Crippen LogP contribution in [0.5, 0.6) is 0 Å². The Morgan fingerprint density at radius 3 is 2.93 bits per heavy atom. The molecule has 0 bridgehead atoms. The van der Waals surface area contributed by atoms with Crippen molar-refractivity contribution in [3.63, 3.8) is 0 Å². The summed E-state index contributed by atoms with van der Waals surface area (Å²) in [4.78, 5) is 17.1. The Hall–Kier alpha value is -1.34. The number of rotatable bonds is 1. The van der Waals surface area contributed by atoms with Crippen LogP contribution >= 0.6 is 11.6 Å². The van der Waals surface area contributed by atoms with Crippen molar-refractivity contribution in [1.29, 1.82) is 0 Å². The van der Waals surface area contributed by atoms with Gasteiger partial charge in [-0.25, -0.2) is 4.79 Å². The van der Waals surface area contributed by atoms with Gasteiger partial charge in [0.1, 0.15) is 0 Å². The highest BCUT2D eigenvalue weighted by atomic mass is 35.5. The van der Waals surface area contributed by atoms with Gasteiger partial charge in [-0.1, -0.05) is 11.6 Å². The van der Waals surface area contributed by atoms with Crippen LogP contribution in [0.25, 0.3) is 0 Å². The summed E-state index contributed by atoms with van der Waals surface area (Å²) in [7, 11) is 0. The molecule has 3 aliphatic rings. The van der Waals surface area contributed by atoms with Gasteiger partial charge in [0.25, 0.3) is 0 Å². The van der Waals surface area contributed by atoms with E-state index in [1.165, 1.54) is 11.1 Å². The molecule has 0 aliphatic carbocycles. The van der Waals surface area contributed by atoms with Gasteiger partial charge in [-0.3, -0.25) is 0 Å². The number of carbonyl (C=O) groups excluding carboxylic acids is 1. The number of nitrogens with zero attached hydrogens (tertiary/aromatic N) is 2. The number of amides is 2. The molecule has 3 aliphatic heterocycles. The highest BCUT2D eigenvalue weighted by molar-refractivity contribution is 6.30. The van der Waals surface area contributed by atoms with Crippen molar-refractivity contribution in [2.75, 3.05) is 39.5 Å². The molecule has 0 radical (unpaired) electrons. The first-order valence-corrected chi connectivity index (χ1v) is 10.2. The van der Waals surface area contributed by atoms with Crippen LogP contribution in [0.1, 0.15) is 36.6 Å². The number of hydrogen-bond donors (Lipinski definition) is 1. The summed E-state index contributed by atoms with van der Waals surface area (Å²) in [5.74, 6) is 0. The number of hydrogen-bond acceptors (Lipinski definition) is 4. The maximum Gasteiger partial charge on any atom is 0.320 e. The van der Waals surface area contributed by atoms with Crippen LogP contribution in [-0.4, -0.2) is 67.4 Å². The van der Waals surface area contributed by atoms with E-state index in [2.05, 4.69) is 12.2 Å². The molecule has 1 aromatic carbocycles. The van der Waals surface area contributed by atoms with Gasteiger partial charge in [0.15, 0.2) is 0 Å². The summed E-state index contributed by atoms with van der Waals surface area (Å²) >= 11 is 6.39. The van der Waals surface area contributed by atoms with Crippen molar-refractivity contribution in [3.8, 4) is 0 Å². The van der Waals surface area contributed by atoms with E-state index < -0.39 is 0 Å². The summed E-state index contributed by atoms with van der Waals surface area (Å²) in [5.41, 5.74) is 3.63. The molecule has 2 fully saturated rings. The zero-order valence-corrected chi connectivity index (χ0v) is 16.8. The highest BCUT2D eigenvalue weighted by Gasteiger charge is 2.33. The van der Waals surface area contributed by atoms with Gasteiger partial charge in [0.05, 0.1) is 38.0 Å². The van der Waals surface area contributed by atoms with E-state index in [4.69, 9.17) is 21.1 Å². The van der Waals surface area contributed by atoms with Gasteiger partial charge in [0.2, 0.25) is 0 Å². The Labute approximate surface area is 165 Å². The molecule has 6 nitrogen and oxygen atoms in total. The lowest BCUT2D eigenvalue weighted by Crippen LogP contribution is -2.55. The lowest BCUT2D eigenvalue weighted by molar-refractivity contribution is -0.0378. The number of urea groups is 1. The van der Waals surface area contributed by atoms with Crippen molar-refractivity contribution < 1.29 is 14.3 Å². The number of nitrogens with one attached hydrogen (secondary N) is 1. The second-order valence-corrected chi connectivity index (χ2v) is 8.25. The molecule has 2 amide bonds. The minimum absolute atomic E-state index is 0.0835. The topological polar surface area (TPSA) is 54.0 Å². The molecule has 148 valence electrons. The Kier molecular flexibility index (Phi) is 5.60. The summed E-state index contributed by atoms with van der Waals surface area (Å²) < 4.78 is 11.3. The molecule has 1 aromatic rings. The smallest absolute Gasteiger partial charge is 0.320 e. The number of ether oxygens (including phenoxy) is 2. The van der Waals surface area contributed by atoms with Crippen molar-refractivity contribution in [1.82, 2.24) is 15.1 Å². The average molecular weight is 394 g/mol. The van der Waals surface area contributed by atoms with Gasteiger partial charge in [0, 0.05) is 31.2 Å². The van der Waals surface area contributed by atoms with E-state index in [0.717, 1.165) is 36.7 Å². The third kappa shape index (κ3) is 3.94. The molecule has 7 heteroatoms. The van der Waals surface area contributed by atoms with Crippen LogP contribution in [0, 0.1) is 0 Å². The second kappa shape index (κ2) is 7.95. The first kappa shape index (κ1) is 19.0. The van der Waals surface area contributed by atoms with Crippen LogP contribution in [0.3, 0.4) is 0 Å². The Morgan fingerprint density at radius 1 is 1.30 bits per heavy atom. The maximum atomic E-state index is 13.2. The molecular weight excluding hydrogens is 366 g/mol. The molecule has 2 unspecified atom stereocenters. The molecule has 3 heterocycles. The van der Waals surface area contributed by atoms with Crippen LogP contribution < -0.4 is 5.32 Å². The van der Waals surface area contributed by atoms with Gasteiger partial charge < -0.3 is 24.6 Å². The number of halogens is 1. The Balaban J connectivity index is 1.57. The zero-order chi connectivity index (χ0) is 19.0. The summed E-state index contributed by atoms with van der Waals surface area (Å²) in [6.45, 7) is 8.86. The van der Waals surface area contributed by atoms with Crippen LogP contribution in [-0.2, 0) is 22.4 Å². The van der Waals surface area contributed by atoms with Crippen molar-refractivity contribution in [3.05, 3.63) is 33.8 Å². The minimum Gasteiger partial charge on any atom is -0.378 e. The maximum absolute atomic E-state index is 13.2. The molecule has 0 spiro atoms. The number of carbonyl (C=O) groups is 1. The van der Waals surface area contributed by atoms with Crippen molar-refractivity contribution >= 4 is 17.6 Å². The van der Waals surface area contributed by atoms with E-state index in [9.17, 15) is 4.79 Å². The summed E-state index contributed by atoms with van der Waals surface area (Å²) in [6.07, 6.45) is 0.913. The zero-order valence-electron chi connectivity index (χ0n) is 16.0. The normalized spacial score (nSPS) is 28.8. The quantitative estimate of drug-likeness (QED) is 0.796. The van der Waals surface area contributed by atoms with Crippen LogP contribution in [0.4, 0.5) is 4.79 Å². The molecule has 0 saturated carbocycles. The monoisotopic (exact) mass is 393 g/mol. The summed E-state index contributed by atoms with van der Waals surface area (Å²) in [5, 5.41) is 4.28. The molecule has 2 saturated heterocycles. The largest absolute Gasteiger partial charge is 0.378 e. The molecule has 4 rings (SSSR count). The second-order valence-electron chi connectivity index (χ2n) is 7.81. The molecule has 3 atom stereocenters. The van der Waals surface area contributed by atoms with E-state index in [-0.39, 0.29) is 24.2 Å². The fourth-order valence-corrected chi connectivity index (χ4v) is 4.50. The fourth-order valence-electron chi connectivity index (χ4n) is 4.25. The van der Waals surface area contributed by atoms with Crippen LogP contribution in [0.15, 0.2) is 12.1 Å². The number of fused-ring (bicyclic) bond motifs is 1. The van der Waals surface area contributed by atoms with E-state index >= 15 is 0 Å². The van der Waals surface area contributed by atoms with E-state index in [1.807, 2.05) is 28.9 Å². The number of benzene rings is 1. The third-order valence-electron chi connectivity index (χ3n) is 5.76. The minimum atomic E-state index is 0.0835.